The molecule has 0 bridgehead atoms. The first kappa shape index (κ1) is 54.0. The molecule has 3 heterocycles. The van der Waals surface area contributed by atoms with Gasteiger partial charge in [-0.3, -0.25) is 4.79 Å². The summed E-state index contributed by atoms with van der Waals surface area (Å²) in [5, 5.41) is 111. The number of carbonyl (C=O) groups is 3. The number of aliphatic carboxylic acids is 1. The Labute approximate surface area is 408 Å². The molecule has 4 saturated carbocycles. The molecule has 21 heteroatoms. The highest BCUT2D eigenvalue weighted by Crippen LogP contribution is 2.76. The standard InChI is InChI=1S/C49H78N2O19/c1-44(2)13-14-49(43(64)51-16-15-50)23(17-44)22-7-8-27-45(3)11-10-29(46(4,21-53)26(45)9-12-47(27,5)48(22,6)18-28(49)55)67-42-38(70-41-34(60)32(58)31(57)25(19-52)66-41)36(35(61)37(69-42)39(62)63)68-40-33(59)30(56)24(54)20-65-40/h7,21,23-38,40-42,52,54-61H,8-20,50H2,1-6H3,(H,51,64)(H,62,63)/t23?,24-,25?,26?,27?,28?,29+,30?,31+,32?,33?,34?,35+,36?,37?,38?,40+,41+,42-,45?,46?,47?,48?,49-/m1/s1. The van der Waals surface area contributed by atoms with E-state index in [0.29, 0.717) is 45.1 Å². The van der Waals surface area contributed by atoms with Gasteiger partial charge in [0.25, 0.3) is 0 Å². The Morgan fingerprint density at radius 1 is 0.786 bits per heavy atom. The van der Waals surface area contributed by atoms with Crippen molar-refractivity contribution in [3.8, 4) is 0 Å². The van der Waals surface area contributed by atoms with Crippen LogP contribution in [0.3, 0.4) is 0 Å². The number of fused-ring (bicyclic) bond motifs is 7. The van der Waals surface area contributed by atoms with Crippen LogP contribution < -0.4 is 11.1 Å². The fourth-order valence-electron chi connectivity index (χ4n) is 15.2. The third kappa shape index (κ3) is 8.43. The number of amides is 1. The molecule has 70 heavy (non-hydrogen) atoms. The topological polar surface area (TPSA) is 347 Å². The SMILES string of the molecule is CC1(C)CC[C@]2(C(=O)NCCN)C(O)CC3(C)C(=CCC4C5(C)CC[C@H](O[C@@H]6OC(C(=O)O)[C@@H](O)C(O[C@@H]7OC[C@@H](O)C(O)C7O)C6O[C@@H]6OC(CO)[C@H](O)C(O)C6O)C(C)(C=O)C5CCC43C)C2C1. The molecule has 24 atom stereocenters. The van der Waals surface area contributed by atoms with Crippen molar-refractivity contribution in [3.63, 3.8) is 0 Å². The normalized spacial score (nSPS) is 52.2. The van der Waals surface area contributed by atoms with Gasteiger partial charge in [0.15, 0.2) is 25.0 Å². The predicted octanol–water partition coefficient (Wildman–Crippen LogP) is -1.42. The third-order valence-corrected chi connectivity index (χ3v) is 19.4. The quantitative estimate of drug-likeness (QED) is 0.0606. The second kappa shape index (κ2) is 19.4. The number of carboxylic acids is 1. The lowest BCUT2D eigenvalue weighted by Crippen LogP contribution is -2.69. The van der Waals surface area contributed by atoms with Gasteiger partial charge in [-0.25, -0.2) is 4.79 Å². The molecule has 8 aliphatic rings. The molecule has 0 aromatic carbocycles. The van der Waals surface area contributed by atoms with Crippen LogP contribution in [-0.4, -0.2) is 194 Å². The van der Waals surface area contributed by atoms with E-state index in [2.05, 4.69) is 46.0 Å². The maximum absolute atomic E-state index is 14.2. The number of aldehydes is 1. The van der Waals surface area contributed by atoms with Gasteiger partial charge in [-0.15, -0.1) is 0 Å². The monoisotopic (exact) mass is 999 g/mol. The number of carboxylic acid groups (broad SMARTS) is 1. The van der Waals surface area contributed by atoms with Crippen molar-refractivity contribution in [2.24, 2.45) is 56.0 Å². The van der Waals surface area contributed by atoms with Crippen LogP contribution in [0.15, 0.2) is 11.6 Å². The van der Waals surface area contributed by atoms with E-state index in [0.717, 1.165) is 19.1 Å². The van der Waals surface area contributed by atoms with Gasteiger partial charge in [-0.2, -0.15) is 0 Å². The molecule has 16 unspecified atom stereocenters. The van der Waals surface area contributed by atoms with E-state index in [-0.39, 0.29) is 47.5 Å². The number of carbonyl (C=O) groups excluding carboxylic acids is 2. The molecule has 3 aliphatic heterocycles. The van der Waals surface area contributed by atoms with Crippen LogP contribution in [0.5, 0.6) is 0 Å². The minimum absolute atomic E-state index is 0.00315. The average Bonchev–Trinajstić information content (AvgIpc) is 3.30. The Hall–Kier alpha value is -2.29. The molecular formula is C49H78N2O19. The summed E-state index contributed by atoms with van der Waals surface area (Å²) in [6, 6.07) is 0. The van der Waals surface area contributed by atoms with Crippen LogP contribution in [0.2, 0.25) is 0 Å². The predicted molar refractivity (Wildman–Crippen MR) is 241 cm³/mol. The first-order valence-electron chi connectivity index (χ1n) is 25.1. The van der Waals surface area contributed by atoms with Crippen LogP contribution in [-0.2, 0) is 42.8 Å². The lowest BCUT2D eigenvalue weighted by molar-refractivity contribution is -0.391. The summed E-state index contributed by atoms with van der Waals surface area (Å²) >= 11 is 0. The van der Waals surface area contributed by atoms with E-state index in [1.54, 1.807) is 6.92 Å². The Morgan fingerprint density at radius 2 is 1.47 bits per heavy atom. The second-order valence-corrected chi connectivity index (χ2v) is 23.6. The maximum Gasteiger partial charge on any atom is 0.335 e. The van der Waals surface area contributed by atoms with Crippen LogP contribution in [0.25, 0.3) is 0 Å². The highest BCUT2D eigenvalue weighted by Gasteiger charge is 2.72. The summed E-state index contributed by atoms with van der Waals surface area (Å²) in [4.78, 5) is 40.9. The molecule has 1 amide bonds. The van der Waals surface area contributed by atoms with Gasteiger partial charge in [-0.1, -0.05) is 53.2 Å². The van der Waals surface area contributed by atoms with E-state index in [1.807, 2.05) is 0 Å². The van der Waals surface area contributed by atoms with Gasteiger partial charge in [0, 0.05) is 13.1 Å². The van der Waals surface area contributed by atoms with Gasteiger partial charge in [0.05, 0.1) is 36.3 Å². The number of hydrogen-bond acceptors (Lipinski definition) is 19. The minimum atomic E-state index is -2.13. The molecule has 7 fully saturated rings. The molecule has 398 valence electrons. The minimum Gasteiger partial charge on any atom is -0.479 e. The molecule has 8 rings (SSSR count). The highest BCUT2D eigenvalue weighted by molar-refractivity contribution is 5.85. The lowest BCUT2D eigenvalue weighted by atomic mass is 9.33. The molecule has 21 nitrogen and oxygen atoms in total. The molecule has 0 spiro atoms. The van der Waals surface area contributed by atoms with Crippen molar-refractivity contribution < 1.29 is 93.9 Å². The number of nitrogens with two attached hydrogens (primary N) is 1. The van der Waals surface area contributed by atoms with Crippen molar-refractivity contribution in [2.75, 3.05) is 26.3 Å². The number of hydrogen-bond donors (Lipinski definition) is 12. The van der Waals surface area contributed by atoms with E-state index in [4.69, 9.17) is 34.2 Å². The lowest BCUT2D eigenvalue weighted by Gasteiger charge is -2.71. The zero-order valence-corrected chi connectivity index (χ0v) is 41.0. The number of aliphatic hydroxyl groups excluding tert-OH is 9. The summed E-state index contributed by atoms with van der Waals surface area (Å²) in [7, 11) is 0. The first-order valence-corrected chi connectivity index (χ1v) is 25.1. The zero-order chi connectivity index (χ0) is 51.3. The van der Waals surface area contributed by atoms with Crippen LogP contribution >= 0.6 is 0 Å². The number of rotatable bonds is 12. The summed E-state index contributed by atoms with van der Waals surface area (Å²) in [5.41, 5.74) is 3.30. The van der Waals surface area contributed by atoms with E-state index in [9.17, 15) is 65.4 Å². The smallest absolute Gasteiger partial charge is 0.335 e. The van der Waals surface area contributed by atoms with Gasteiger partial charge in [-0.05, 0) is 97.2 Å². The molecule has 0 aromatic rings. The van der Waals surface area contributed by atoms with Crippen molar-refractivity contribution in [1.29, 1.82) is 0 Å². The molecular weight excluding hydrogens is 921 g/mol. The number of nitrogens with one attached hydrogen (secondary N) is 1. The molecule has 3 saturated heterocycles. The Balaban J connectivity index is 1.12. The van der Waals surface area contributed by atoms with Gasteiger partial charge >= 0.3 is 5.97 Å². The maximum atomic E-state index is 14.2. The summed E-state index contributed by atoms with van der Waals surface area (Å²) in [6.07, 6.45) is -19.6. The van der Waals surface area contributed by atoms with Crippen LogP contribution in [0, 0.1) is 50.2 Å². The Morgan fingerprint density at radius 3 is 2.13 bits per heavy atom. The first-order chi connectivity index (χ1) is 32.8. The van der Waals surface area contributed by atoms with E-state index < -0.39 is 139 Å². The zero-order valence-electron chi connectivity index (χ0n) is 41.0. The van der Waals surface area contributed by atoms with Crippen molar-refractivity contribution in [3.05, 3.63) is 11.6 Å². The summed E-state index contributed by atoms with van der Waals surface area (Å²) in [6.45, 7) is 12.2. The van der Waals surface area contributed by atoms with Crippen molar-refractivity contribution >= 4 is 18.2 Å². The van der Waals surface area contributed by atoms with Crippen molar-refractivity contribution in [2.45, 2.75) is 198 Å². The molecule has 0 aromatic heterocycles. The summed E-state index contributed by atoms with van der Waals surface area (Å²) in [5.74, 6) is -2.34. The highest BCUT2D eigenvalue weighted by atomic mass is 16.8. The number of allylic oxidation sites excluding steroid dienone is 2. The number of aliphatic hydroxyl groups is 9. The van der Waals surface area contributed by atoms with Gasteiger partial charge in [0.2, 0.25) is 5.91 Å². The fourth-order valence-corrected chi connectivity index (χ4v) is 15.2. The number of ether oxygens (including phenoxy) is 6. The molecule has 0 radical (unpaired) electrons. The molecule has 5 aliphatic carbocycles. The van der Waals surface area contributed by atoms with Crippen LogP contribution in [0.4, 0.5) is 0 Å². The van der Waals surface area contributed by atoms with E-state index in [1.165, 1.54) is 5.57 Å². The fraction of sp³-hybridized carbons (Fsp3) is 0.898. The summed E-state index contributed by atoms with van der Waals surface area (Å²) < 4.78 is 36.0. The second-order valence-electron chi connectivity index (χ2n) is 23.6. The van der Waals surface area contributed by atoms with Crippen molar-refractivity contribution in [1.82, 2.24) is 5.32 Å². The van der Waals surface area contributed by atoms with Gasteiger partial charge < -0.3 is 95.3 Å². The third-order valence-electron chi connectivity index (χ3n) is 19.4. The molecule has 13 N–H and O–H groups in total. The van der Waals surface area contributed by atoms with E-state index >= 15 is 0 Å². The Kier molecular flexibility index (Phi) is 15.0. The van der Waals surface area contributed by atoms with Gasteiger partial charge in [0.1, 0.15) is 67.3 Å². The van der Waals surface area contributed by atoms with Crippen LogP contribution in [0.1, 0.15) is 99.3 Å². The Bertz CT molecular complexity index is 1980. The average molecular weight is 999 g/mol. The largest absolute Gasteiger partial charge is 0.479 e.